The predicted molar refractivity (Wildman–Crippen MR) is 115 cm³/mol. The monoisotopic (exact) mass is 545 g/mol. The molecule has 31 heavy (non-hydrogen) atoms. The SMILES string of the molecule is Fc1cc(OCc2ccc(-n3cccc3)c(C(F)(F)F)c2)cc2c1C=C(COI)CO2. The molecule has 162 valence electrons. The molecule has 3 aromatic rings. The number of hydrogen-bond acceptors (Lipinski definition) is 3. The van der Waals surface area contributed by atoms with Crippen LogP contribution in [-0.4, -0.2) is 17.8 Å². The molecular weight excluding hydrogens is 529 g/mol. The Kier molecular flexibility index (Phi) is 6.24. The van der Waals surface area contributed by atoms with E-state index in [9.17, 15) is 17.6 Å². The molecule has 0 N–H and O–H groups in total. The standard InChI is InChI=1S/C22H16F4INO3/c23-19-9-16(10-21-17(19)7-15(12-30-21)13-31-27)29-11-14-3-4-20(28-5-1-2-6-28)18(8-14)22(24,25)26/h1-10H,11-13H2. The quantitative estimate of drug-likeness (QED) is 0.267. The van der Waals surface area contributed by atoms with E-state index in [-0.39, 0.29) is 30.2 Å². The third-order valence-electron chi connectivity index (χ3n) is 4.72. The highest BCUT2D eigenvalue weighted by Gasteiger charge is 2.34. The van der Waals surface area contributed by atoms with Crippen molar-refractivity contribution in [3.05, 3.63) is 82.9 Å². The Labute approximate surface area is 189 Å². The van der Waals surface area contributed by atoms with Gasteiger partial charge in [-0.3, -0.25) is 0 Å². The summed E-state index contributed by atoms with van der Waals surface area (Å²) >= 11 is 1.75. The first kappa shape index (κ1) is 21.7. The second-order valence-electron chi connectivity index (χ2n) is 6.89. The van der Waals surface area contributed by atoms with Gasteiger partial charge in [-0.05, 0) is 41.5 Å². The van der Waals surface area contributed by atoms with Crippen LogP contribution in [0, 0.1) is 5.82 Å². The van der Waals surface area contributed by atoms with E-state index in [1.165, 1.54) is 22.8 Å². The van der Waals surface area contributed by atoms with E-state index < -0.39 is 17.6 Å². The average molecular weight is 545 g/mol. The fourth-order valence-corrected chi connectivity index (χ4v) is 3.67. The van der Waals surface area contributed by atoms with Gasteiger partial charge in [-0.25, -0.2) is 4.39 Å². The number of aromatic nitrogens is 1. The van der Waals surface area contributed by atoms with Crippen LogP contribution in [0.3, 0.4) is 0 Å². The molecule has 0 amide bonds. The van der Waals surface area contributed by atoms with E-state index in [2.05, 4.69) is 0 Å². The molecule has 0 spiro atoms. The molecule has 4 rings (SSSR count). The molecule has 0 atom stereocenters. The fourth-order valence-electron chi connectivity index (χ4n) is 3.27. The Hall–Kier alpha value is -2.53. The van der Waals surface area contributed by atoms with Gasteiger partial charge in [0.25, 0.3) is 0 Å². The molecule has 2 aromatic carbocycles. The Morgan fingerprint density at radius 2 is 1.84 bits per heavy atom. The summed E-state index contributed by atoms with van der Waals surface area (Å²) in [5, 5.41) is 0. The first-order chi connectivity index (χ1) is 14.8. The third-order valence-corrected chi connectivity index (χ3v) is 5.03. The first-order valence-electron chi connectivity index (χ1n) is 9.21. The van der Waals surface area contributed by atoms with E-state index in [1.807, 2.05) is 0 Å². The van der Waals surface area contributed by atoms with Gasteiger partial charge in [0.1, 0.15) is 53.5 Å². The van der Waals surface area contributed by atoms with Crippen LogP contribution in [-0.2, 0) is 15.8 Å². The Bertz CT molecular complexity index is 1110. The van der Waals surface area contributed by atoms with Gasteiger partial charge >= 0.3 is 6.18 Å². The highest BCUT2D eigenvalue weighted by molar-refractivity contribution is 14.1. The van der Waals surface area contributed by atoms with Crippen LogP contribution >= 0.6 is 23.0 Å². The van der Waals surface area contributed by atoms with Gasteiger partial charge in [0.05, 0.1) is 23.4 Å². The predicted octanol–water partition coefficient (Wildman–Crippen LogP) is 6.36. The maximum atomic E-state index is 14.5. The summed E-state index contributed by atoms with van der Waals surface area (Å²) in [5.74, 6) is -0.0653. The molecule has 1 aliphatic heterocycles. The molecule has 0 fully saturated rings. The van der Waals surface area contributed by atoms with Crippen LogP contribution in [0.25, 0.3) is 11.8 Å². The van der Waals surface area contributed by atoms with Crippen molar-refractivity contribution in [2.75, 3.05) is 13.2 Å². The number of ether oxygens (including phenoxy) is 2. The van der Waals surface area contributed by atoms with E-state index in [0.717, 1.165) is 11.6 Å². The molecule has 4 nitrogen and oxygen atoms in total. The molecule has 0 saturated carbocycles. The zero-order valence-corrected chi connectivity index (χ0v) is 18.1. The van der Waals surface area contributed by atoms with Crippen LogP contribution in [0.2, 0.25) is 0 Å². The van der Waals surface area contributed by atoms with Crippen LogP contribution < -0.4 is 9.47 Å². The fraction of sp³-hybridized carbons (Fsp3) is 0.182. The number of hydrogen-bond donors (Lipinski definition) is 0. The van der Waals surface area contributed by atoms with Crippen LogP contribution in [0.1, 0.15) is 16.7 Å². The van der Waals surface area contributed by atoms with E-state index in [0.29, 0.717) is 17.9 Å². The summed E-state index contributed by atoms with van der Waals surface area (Å²) < 4.78 is 72.8. The second-order valence-corrected chi connectivity index (χ2v) is 7.51. The van der Waals surface area contributed by atoms with Crippen molar-refractivity contribution < 1.29 is 30.1 Å². The summed E-state index contributed by atoms with van der Waals surface area (Å²) in [7, 11) is 0. The highest BCUT2D eigenvalue weighted by atomic mass is 127. The van der Waals surface area contributed by atoms with Gasteiger partial charge in [0, 0.05) is 24.5 Å². The van der Waals surface area contributed by atoms with E-state index in [1.54, 1.807) is 59.7 Å². The number of halogens is 5. The van der Waals surface area contributed by atoms with Crippen molar-refractivity contribution in [3.63, 3.8) is 0 Å². The third kappa shape index (κ3) is 4.87. The lowest BCUT2D eigenvalue weighted by Crippen LogP contribution is -2.12. The topological polar surface area (TPSA) is 32.6 Å². The molecule has 0 saturated heterocycles. The van der Waals surface area contributed by atoms with Crippen molar-refractivity contribution >= 4 is 29.1 Å². The number of rotatable bonds is 6. The zero-order valence-electron chi connectivity index (χ0n) is 16.0. The molecule has 0 bridgehead atoms. The van der Waals surface area contributed by atoms with Gasteiger partial charge in [-0.2, -0.15) is 13.2 Å². The summed E-state index contributed by atoms with van der Waals surface area (Å²) in [5.41, 5.74) is 0.630. The number of benzene rings is 2. The largest absolute Gasteiger partial charge is 0.489 e. The van der Waals surface area contributed by atoms with E-state index >= 15 is 0 Å². The number of nitrogens with zero attached hydrogens (tertiary/aromatic N) is 1. The van der Waals surface area contributed by atoms with Crippen LogP contribution in [0.15, 0.2) is 60.4 Å². The van der Waals surface area contributed by atoms with Gasteiger partial charge in [0.15, 0.2) is 0 Å². The summed E-state index contributed by atoms with van der Waals surface area (Å²) in [6, 6.07) is 9.99. The molecule has 9 heteroatoms. The van der Waals surface area contributed by atoms with Crippen molar-refractivity contribution in [1.82, 2.24) is 4.57 Å². The number of alkyl halides is 3. The van der Waals surface area contributed by atoms with Gasteiger partial charge in [-0.15, -0.1) is 0 Å². The summed E-state index contributed by atoms with van der Waals surface area (Å²) in [6.07, 6.45) is 0.213. The maximum Gasteiger partial charge on any atom is 0.418 e. The Morgan fingerprint density at radius 3 is 2.55 bits per heavy atom. The minimum atomic E-state index is -4.53. The molecule has 1 aromatic heterocycles. The average Bonchev–Trinajstić information content (AvgIpc) is 3.27. The lowest BCUT2D eigenvalue weighted by molar-refractivity contribution is -0.137. The molecule has 0 unspecified atom stereocenters. The normalized spacial score (nSPS) is 13.4. The molecular formula is C22H16F4INO3. The zero-order chi connectivity index (χ0) is 22.0. The molecule has 0 radical (unpaired) electrons. The van der Waals surface area contributed by atoms with Crippen molar-refractivity contribution in [2.24, 2.45) is 0 Å². The van der Waals surface area contributed by atoms with Gasteiger partial charge in [-0.1, -0.05) is 6.07 Å². The lowest BCUT2D eigenvalue weighted by atomic mass is 10.1. The summed E-state index contributed by atoms with van der Waals surface area (Å²) in [6.45, 7) is 0.421. The second kappa shape index (κ2) is 8.91. The van der Waals surface area contributed by atoms with E-state index in [4.69, 9.17) is 12.5 Å². The Balaban J connectivity index is 1.56. The Morgan fingerprint density at radius 1 is 1.06 bits per heavy atom. The van der Waals surface area contributed by atoms with Crippen molar-refractivity contribution in [1.29, 1.82) is 0 Å². The maximum absolute atomic E-state index is 14.5. The highest BCUT2D eigenvalue weighted by Crippen LogP contribution is 2.36. The van der Waals surface area contributed by atoms with Crippen LogP contribution in [0.5, 0.6) is 11.5 Å². The smallest absolute Gasteiger partial charge is 0.418 e. The van der Waals surface area contributed by atoms with Gasteiger partial charge < -0.3 is 17.1 Å². The molecule has 0 aliphatic carbocycles. The minimum Gasteiger partial charge on any atom is -0.489 e. The minimum absolute atomic E-state index is 0.0209. The number of fused-ring (bicyclic) bond motifs is 1. The van der Waals surface area contributed by atoms with Crippen LogP contribution in [0.4, 0.5) is 17.6 Å². The molecule has 2 heterocycles. The molecule has 1 aliphatic rings. The lowest BCUT2D eigenvalue weighted by Gasteiger charge is -2.19. The van der Waals surface area contributed by atoms with Gasteiger partial charge in [0.2, 0.25) is 0 Å². The van der Waals surface area contributed by atoms with Crippen molar-refractivity contribution in [2.45, 2.75) is 12.8 Å². The first-order valence-corrected chi connectivity index (χ1v) is 10.1. The summed E-state index contributed by atoms with van der Waals surface area (Å²) in [4.78, 5) is 0. The van der Waals surface area contributed by atoms with Crippen molar-refractivity contribution in [3.8, 4) is 17.2 Å².